The summed E-state index contributed by atoms with van der Waals surface area (Å²) in [5.41, 5.74) is 2.89. The number of halogens is 2. The van der Waals surface area contributed by atoms with Gasteiger partial charge in [-0.15, -0.1) is 0 Å². The van der Waals surface area contributed by atoms with E-state index in [9.17, 15) is 4.79 Å². The summed E-state index contributed by atoms with van der Waals surface area (Å²) in [5, 5.41) is 2.91. The molecule has 0 aliphatic carbocycles. The first-order valence-electron chi connectivity index (χ1n) is 5.85. The Bertz CT molecular complexity index is 611. The minimum atomic E-state index is -0.0198. The Morgan fingerprint density at radius 1 is 1.11 bits per heavy atom. The summed E-state index contributed by atoms with van der Waals surface area (Å²) in [7, 11) is 0. The number of anilines is 1. The van der Waals surface area contributed by atoms with Gasteiger partial charge in [-0.3, -0.25) is 4.79 Å². The molecule has 1 N–H and O–H groups in total. The Kier molecular flexibility index (Phi) is 4.77. The first-order valence-corrected chi connectivity index (χ1v) is 7.44. The van der Waals surface area contributed by atoms with Crippen LogP contribution in [0.25, 0.3) is 0 Å². The summed E-state index contributed by atoms with van der Waals surface area (Å²) in [5.74, 6) is -0.0198. The van der Waals surface area contributed by atoms with E-state index in [1.54, 1.807) is 0 Å². The third-order valence-electron chi connectivity index (χ3n) is 2.75. The van der Waals surface area contributed by atoms with Crippen LogP contribution in [-0.2, 0) is 11.2 Å². The molecule has 0 saturated carbocycles. The van der Waals surface area contributed by atoms with Crippen LogP contribution in [0.3, 0.4) is 0 Å². The number of carbonyl (C=O) groups is 1. The highest BCUT2D eigenvalue weighted by atomic mass is 79.9. The standard InChI is InChI=1S/C15H13Br2NO/c1-10-8-12(6-7-13(10)16)18-15(19)9-11-4-2-3-5-14(11)17/h2-8H,9H2,1H3,(H,18,19). The van der Waals surface area contributed by atoms with Crippen LogP contribution in [-0.4, -0.2) is 5.91 Å². The number of benzene rings is 2. The number of hydrogen-bond donors (Lipinski definition) is 1. The zero-order valence-electron chi connectivity index (χ0n) is 10.4. The quantitative estimate of drug-likeness (QED) is 0.818. The highest BCUT2D eigenvalue weighted by molar-refractivity contribution is 9.10. The Balaban J connectivity index is 2.05. The molecule has 0 aliphatic heterocycles. The molecule has 19 heavy (non-hydrogen) atoms. The maximum Gasteiger partial charge on any atom is 0.228 e. The lowest BCUT2D eigenvalue weighted by atomic mass is 10.1. The van der Waals surface area contributed by atoms with Gasteiger partial charge in [-0.25, -0.2) is 0 Å². The number of rotatable bonds is 3. The molecule has 0 unspecified atom stereocenters. The zero-order chi connectivity index (χ0) is 13.8. The molecule has 0 fully saturated rings. The highest BCUT2D eigenvalue weighted by Crippen LogP contribution is 2.21. The van der Waals surface area contributed by atoms with Gasteiger partial charge in [0.05, 0.1) is 6.42 Å². The molecule has 0 radical (unpaired) electrons. The average molecular weight is 383 g/mol. The second-order valence-electron chi connectivity index (χ2n) is 4.28. The van der Waals surface area contributed by atoms with Crippen LogP contribution in [0.5, 0.6) is 0 Å². The molecule has 1 amide bonds. The van der Waals surface area contributed by atoms with Crippen molar-refractivity contribution in [1.82, 2.24) is 0 Å². The lowest BCUT2D eigenvalue weighted by molar-refractivity contribution is -0.115. The van der Waals surface area contributed by atoms with Gasteiger partial charge < -0.3 is 5.32 Å². The maximum absolute atomic E-state index is 12.0. The van der Waals surface area contributed by atoms with Crippen molar-refractivity contribution in [3.05, 3.63) is 62.5 Å². The van der Waals surface area contributed by atoms with E-state index in [1.807, 2.05) is 49.4 Å². The van der Waals surface area contributed by atoms with Crippen molar-refractivity contribution in [1.29, 1.82) is 0 Å². The lowest BCUT2D eigenvalue weighted by Crippen LogP contribution is -2.14. The van der Waals surface area contributed by atoms with Crippen molar-refractivity contribution in [3.63, 3.8) is 0 Å². The molecule has 2 aromatic rings. The molecule has 0 aliphatic rings. The van der Waals surface area contributed by atoms with Crippen molar-refractivity contribution >= 4 is 43.5 Å². The highest BCUT2D eigenvalue weighted by Gasteiger charge is 2.07. The van der Waals surface area contributed by atoms with Gasteiger partial charge >= 0.3 is 0 Å². The van der Waals surface area contributed by atoms with Gasteiger partial charge in [-0.05, 0) is 42.3 Å². The van der Waals surface area contributed by atoms with Crippen molar-refractivity contribution in [2.45, 2.75) is 13.3 Å². The molecule has 98 valence electrons. The van der Waals surface area contributed by atoms with E-state index in [2.05, 4.69) is 37.2 Å². The Morgan fingerprint density at radius 3 is 2.53 bits per heavy atom. The first-order chi connectivity index (χ1) is 9.06. The van der Waals surface area contributed by atoms with E-state index < -0.39 is 0 Å². The Morgan fingerprint density at radius 2 is 1.84 bits per heavy atom. The molecule has 2 rings (SSSR count). The topological polar surface area (TPSA) is 29.1 Å². The second-order valence-corrected chi connectivity index (χ2v) is 5.99. The molecule has 2 nitrogen and oxygen atoms in total. The van der Waals surface area contributed by atoms with Crippen molar-refractivity contribution in [2.75, 3.05) is 5.32 Å². The Labute approximate surface area is 129 Å². The summed E-state index contributed by atoms with van der Waals surface area (Å²) in [6.45, 7) is 1.99. The second kappa shape index (κ2) is 6.35. The van der Waals surface area contributed by atoms with E-state index >= 15 is 0 Å². The van der Waals surface area contributed by atoms with Crippen LogP contribution in [0, 0.1) is 6.92 Å². The smallest absolute Gasteiger partial charge is 0.228 e. The van der Waals surface area contributed by atoms with E-state index in [4.69, 9.17) is 0 Å². The molecule has 0 atom stereocenters. The largest absolute Gasteiger partial charge is 0.326 e. The molecular weight excluding hydrogens is 370 g/mol. The molecular formula is C15H13Br2NO. The number of aryl methyl sites for hydroxylation is 1. The minimum absolute atomic E-state index is 0.0198. The summed E-state index contributed by atoms with van der Waals surface area (Å²) in [6.07, 6.45) is 0.358. The van der Waals surface area contributed by atoms with Gasteiger partial charge in [-0.2, -0.15) is 0 Å². The van der Waals surface area contributed by atoms with E-state index in [0.717, 1.165) is 25.8 Å². The predicted molar refractivity (Wildman–Crippen MR) is 85.4 cm³/mol. The molecule has 0 aromatic heterocycles. The number of carbonyl (C=O) groups excluding carboxylic acids is 1. The first kappa shape index (κ1) is 14.3. The van der Waals surface area contributed by atoms with E-state index in [-0.39, 0.29) is 5.91 Å². The third kappa shape index (κ3) is 3.91. The Hall–Kier alpha value is -1.13. The van der Waals surface area contributed by atoms with E-state index in [0.29, 0.717) is 6.42 Å². The SMILES string of the molecule is Cc1cc(NC(=O)Cc2ccccc2Br)ccc1Br. The van der Waals surface area contributed by atoms with Crippen molar-refractivity contribution in [3.8, 4) is 0 Å². The zero-order valence-corrected chi connectivity index (χ0v) is 13.6. The molecule has 4 heteroatoms. The minimum Gasteiger partial charge on any atom is -0.326 e. The summed E-state index contributed by atoms with van der Waals surface area (Å²) in [4.78, 5) is 12.0. The summed E-state index contributed by atoms with van der Waals surface area (Å²) < 4.78 is 1.99. The van der Waals surface area contributed by atoms with E-state index in [1.165, 1.54) is 0 Å². The fraction of sp³-hybridized carbons (Fsp3) is 0.133. The third-order valence-corrected chi connectivity index (χ3v) is 4.41. The van der Waals surface area contributed by atoms with Crippen LogP contribution >= 0.6 is 31.9 Å². The normalized spacial score (nSPS) is 10.3. The summed E-state index contributed by atoms with van der Waals surface area (Å²) >= 11 is 6.89. The number of hydrogen-bond acceptors (Lipinski definition) is 1. The van der Waals surface area contributed by atoms with Gasteiger partial charge in [0.1, 0.15) is 0 Å². The molecule has 0 spiro atoms. The van der Waals surface area contributed by atoms with Gasteiger partial charge in [0, 0.05) is 14.6 Å². The van der Waals surface area contributed by atoms with Crippen molar-refractivity contribution < 1.29 is 4.79 Å². The van der Waals surface area contributed by atoms with Gasteiger partial charge in [0.15, 0.2) is 0 Å². The van der Waals surface area contributed by atoms with Crippen LogP contribution in [0.1, 0.15) is 11.1 Å². The van der Waals surface area contributed by atoms with Crippen molar-refractivity contribution in [2.24, 2.45) is 0 Å². The molecule has 0 heterocycles. The van der Waals surface area contributed by atoms with Crippen LogP contribution in [0.2, 0.25) is 0 Å². The predicted octanol–water partition coefficient (Wildman–Crippen LogP) is 4.70. The maximum atomic E-state index is 12.0. The van der Waals surface area contributed by atoms with Crippen LogP contribution in [0.4, 0.5) is 5.69 Å². The van der Waals surface area contributed by atoms with Crippen LogP contribution in [0.15, 0.2) is 51.4 Å². The van der Waals surface area contributed by atoms with Crippen LogP contribution < -0.4 is 5.32 Å². The monoisotopic (exact) mass is 381 g/mol. The summed E-state index contributed by atoms with van der Waals surface area (Å²) in [6, 6.07) is 13.5. The van der Waals surface area contributed by atoms with Gasteiger partial charge in [0.25, 0.3) is 0 Å². The van der Waals surface area contributed by atoms with Gasteiger partial charge in [-0.1, -0.05) is 50.1 Å². The number of amides is 1. The average Bonchev–Trinajstić information content (AvgIpc) is 2.37. The molecule has 0 bridgehead atoms. The number of nitrogens with one attached hydrogen (secondary N) is 1. The fourth-order valence-corrected chi connectivity index (χ4v) is 2.41. The molecule has 2 aromatic carbocycles. The fourth-order valence-electron chi connectivity index (χ4n) is 1.74. The van der Waals surface area contributed by atoms with Gasteiger partial charge in [0.2, 0.25) is 5.91 Å². The molecule has 0 saturated heterocycles. The lowest BCUT2D eigenvalue weighted by Gasteiger charge is -2.08.